The minimum absolute atomic E-state index is 0.164. The van der Waals surface area contributed by atoms with Crippen LogP contribution in [0.15, 0.2) is 42.0 Å². The van der Waals surface area contributed by atoms with Gasteiger partial charge in [0.15, 0.2) is 0 Å². The lowest BCUT2D eigenvalue weighted by atomic mass is 9.97. The third-order valence-corrected chi connectivity index (χ3v) is 4.34. The smallest absolute Gasteiger partial charge is 0.221 e. The average molecular weight is 314 g/mol. The van der Waals surface area contributed by atoms with Crippen molar-refractivity contribution < 1.29 is 4.79 Å². The van der Waals surface area contributed by atoms with E-state index in [0.29, 0.717) is 6.42 Å². The molecule has 1 aliphatic rings. The first-order chi connectivity index (χ1) is 11.3. The largest absolute Gasteiger partial charge is 0.356 e. The van der Waals surface area contributed by atoms with Crippen molar-refractivity contribution in [2.75, 3.05) is 19.6 Å². The maximum atomic E-state index is 11.8. The molecule has 1 amide bonds. The zero-order valence-electron chi connectivity index (χ0n) is 14.2. The van der Waals surface area contributed by atoms with Crippen LogP contribution in [0.25, 0.3) is 0 Å². The standard InChI is InChI=1S/C20H30N2O/c23-20(22-17-13-19-10-5-2-6-11-19)14-16-21-15-7-12-18-8-3-1-4-9-18/h1,3-4,8-10,21H,2,5-7,11-17H2,(H,22,23). The highest BCUT2D eigenvalue weighted by Crippen LogP contribution is 2.19. The van der Waals surface area contributed by atoms with Gasteiger partial charge in [-0.1, -0.05) is 42.0 Å². The fourth-order valence-electron chi connectivity index (χ4n) is 2.97. The SMILES string of the molecule is O=C(CCNCCCc1ccccc1)NCCC1=CCCCC1. The normalized spacial score (nSPS) is 14.3. The van der Waals surface area contributed by atoms with Crippen molar-refractivity contribution in [1.29, 1.82) is 0 Å². The zero-order valence-corrected chi connectivity index (χ0v) is 14.2. The van der Waals surface area contributed by atoms with Crippen molar-refractivity contribution in [3.8, 4) is 0 Å². The Hall–Kier alpha value is -1.61. The molecule has 3 nitrogen and oxygen atoms in total. The number of hydrogen-bond donors (Lipinski definition) is 2. The first-order valence-corrected chi connectivity index (χ1v) is 9.04. The lowest BCUT2D eigenvalue weighted by Gasteiger charge is -2.13. The van der Waals surface area contributed by atoms with Gasteiger partial charge < -0.3 is 10.6 Å². The van der Waals surface area contributed by atoms with Gasteiger partial charge in [-0.05, 0) is 57.1 Å². The number of hydrogen-bond acceptors (Lipinski definition) is 2. The predicted octanol–water partition coefficient (Wildman–Crippen LogP) is 3.61. The maximum absolute atomic E-state index is 11.8. The van der Waals surface area contributed by atoms with Gasteiger partial charge >= 0.3 is 0 Å². The van der Waals surface area contributed by atoms with Crippen molar-refractivity contribution in [2.24, 2.45) is 0 Å². The van der Waals surface area contributed by atoms with E-state index in [4.69, 9.17) is 0 Å². The van der Waals surface area contributed by atoms with E-state index in [2.05, 4.69) is 41.0 Å². The van der Waals surface area contributed by atoms with Crippen LogP contribution in [-0.4, -0.2) is 25.5 Å². The molecule has 0 radical (unpaired) electrons. The third kappa shape index (κ3) is 7.98. The van der Waals surface area contributed by atoms with Gasteiger partial charge in [-0.2, -0.15) is 0 Å². The van der Waals surface area contributed by atoms with Crippen LogP contribution < -0.4 is 10.6 Å². The quantitative estimate of drug-likeness (QED) is 0.512. The maximum Gasteiger partial charge on any atom is 0.221 e. The second kappa shape index (κ2) is 11.0. The van der Waals surface area contributed by atoms with Gasteiger partial charge in [0.1, 0.15) is 0 Å². The number of rotatable bonds is 10. The first-order valence-electron chi connectivity index (χ1n) is 9.04. The Morgan fingerprint density at radius 1 is 1.00 bits per heavy atom. The monoisotopic (exact) mass is 314 g/mol. The van der Waals surface area contributed by atoms with E-state index >= 15 is 0 Å². The molecule has 1 aromatic carbocycles. The highest BCUT2D eigenvalue weighted by molar-refractivity contribution is 5.76. The summed E-state index contributed by atoms with van der Waals surface area (Å²) in [4.78, 5) is 11.8. The molecule has 0 bridgehead atoms. The Balaban J connectivity index is 1.43. The molecule has 0 aliphatic heterocycles. The Morgan fingerprint density at radius 3 is 2.65 bits per heavy atom. The minimum Gasteiger partial charge on any atom is -0.356 e. The number of amides is 1. The third-order valence-electron chi connectivity index (χ3n) is 4.34. The summed E-state index contributed by atoms with van der Waals surface area (Å²) >= 11 is 0. The summed E-state index contributed by atoms with van der Waals surface area (Å²) in [6, 6.07) is 10.5. The Labute approximate surface area is 140 Å². The molecule has 0 saturated carbocycles. The lowest BCUT2D eigenvalue weighted by molar-refractivity contribution is -0.120. The summed E-state index contributed by atoms with van der Waals surface area (Å²) in [7, 11) is 0. The number of carbonyl (C=O) groups is 1. The molecule has 3 heteroatoms. The minimum atomic E-state index is 0.164. The molecule has 0 aromatic heterocycles. The van der Waals surface area contributed by atoms with Crippen LogP contribution >= 0.6 is 0 Å². The number of carbonyl (C=O) groups excluding carboxylic acids is 1. The average Bonchev–Trinajstić information content (AvgIpc) is 2.60. The van der Waals surface area contributed by atoms with Crippen molar-refractivity contribution in [1.82, 2.24) is 10.6 Å². The highest BCUT2D eigenvalue weighted by Gasteiger charge is 2.05. The predicted molar refractivity (Wildman–Crippen MR) is 96.4 cm³/mol. The van der Waals surface area contributed by atoms with Crippen molar-refractivity contribution in [2.45, 2.75) is 51.4 Å². The van der Waals surface area contributed by atoms with E-state index in [9.17, 15) is 4.79 Å². The Morgan fingerprint density at radius 2 is 1.87 bits per heavy atom. The van der Waals surface area contributed by atoms with Crippen molar-refractivity contribution >= 4 is 5.91 Å². The van der Waals surface area contributed by atoms with Crippen molar-refractivity contribution in [3.05, 3.63) is 47.5 Å². The van der Waals surface area contributed by atoms with Crippen molar-refractivity contribution in [3.63, 3.8) is 0 Å². The molecule has 0 fully saturated rings. The van der Waals surface area contributed by atoms with E-state index in [0.717, 1.165) is 38.9 Å². The molecule has 23 heavy (non-hydrogen) atoms. The fourth-order valence-corrected chi connectivity index (χ4v) is 2.97. The second-order valence-corrected chi connectivity index (χ2v) is 6.30. The molecule has 2 rings (SSSR count). The molecule has 0 unspecified atom stereocenters. The van der Waals surface area contributed by atoms with Gasteiger partial charge in [-0.15, -0.1) is 0 Å². The molecule has 0 saturated heterocycles. The molecule has 1 aromatic rings. The number of nitrogens with one attached hydrogen (secondary N) is 2. The molecular formula is C20H30N2O. The van der Waals surface area contributed by atoms with Gasteiger partial charge in [0.2, 0.25) is 5.91 Å². The summed E-state index contributed by atoms with van der Waals surface area (Å²) in [5.41, 5.74) is 2.90. The summed E-state index contributed by atoms with van der Waals surface area (Å²) in [5.74, 6) is 0.164. The fraction of sp³-hybridized carbons (Fsp3) is 0.550. The number of benzene rings is 1. The number of aryl methyl sites for hydroxylation is 1. The summed E-state index contributed by atoms with van der Waals surface area (Å²) in [6.45, 7) is 2.52. The van der Waals surface area contributed by atoms with Gasteiger partial charge in [0, 0.05) is 19.5 Å². The van der Waals surface area contributed by atoms with Gasteiger partial charge in [0.25, 0.3) is 0 Å². The van der Waals surface area contributed by atoms with Crippen LogP contribution in [0.4, 0.5) is 0 Å². The summed E-state index contributed by atoms with van der Waals surface area (Å²) in [6.07, 6.45) is 11.2. The Bertz CT molecular complexity index is 482. The Kier molecular flexibility index (Phi) is 8.49. The van der Waals surface area contributed by atoms with Crippen LogP contribution in [0.2, 0.25) is 0 Å². The van der Waals surface area contributed by atoms with Crippen LogP contribution in [0.5, 0.6) is 0 Å². The first kappa shape index (κ1) is 17.7. The molecule has 0 spiro atoms. The summed E-state index contributed by atoms with van der Waals surface area (Å²) < 4.78 is 0. The van der Waals surface area contributed by atoms with Crippen LogP contribution in [0.3, 0.4) is 0 Å². The molecular weight excluding hydrogens is 284 g/mol. The topological polar surface area (TPSA) is 41.1 Å². The van der Waals surface area contributed by atoms with Crippen LogP contribution in [-0.2, 0) is 11.2 Å². The van der Waals surface area contributed by atoms with Gasteiger partial charge in [-0.3, -0.25) is 4.79 Å². The van der Waals surface area contributed by atoms with E-state index < -0.39 is 0 Å². The summed E-state index contributed by atoms with van der Waals surface area (Å²) in [5, 5.41) is 6.38. The lowest BCUT2D eigenvalue weighted by Crippen LogP contribution is -2.29. The second-order valence-electron chi connectivity index (χ2n) is 6.30. The molecule has 0 atom stereocenters. The zero-order chi connectivity index (χ0) is 16.2. The van der Waals surface area contributed by atoms with Crippen LogP contribution in [0, 0.1) is 0 Å². The van der Waals surface area contributed by atoms with E-state index in [-0.39, 0.29) is 5.91 Å². The van der Waals surface area contributed by atoms with E-state index in [1.807, 2.05) is 6.07 Å². The van der Waals surface area contributed by atoms with Crippen LogP contribution in [0.1, 0.15) is 50.5 Å². The van der Waals surface area contributed by atoms with E-state index in [1.165, 1.54) is 36.8 Å². The van der Waals surface area contributed by atoms with E-state index in [1.54, 1.807) is 0 Å². The molecule has 2 N–H and O–H groups in total. The van der Waals surface area contributed by atoms with Gasteiger partial charge in [-0.25, -0.2) is 0 Å². The number of allylic oxidation sites excluding steroid dienone is 1. The molecule has 126 valence electrons. The highest BCUT2D eigenvalue weighted by atomic mass is 16.1. The molecule has 1 aliphatic carbocycles. The van der Waals surface area contributed by atoms with Gasteiger partial charge in [0.05, 0.1) is 0 Å². The molecule has 0 heterocycles.